The van der Waals surface area contributed by atoms with E-state index in [0.717, 1.165) is 27.4 Å². The van der Waals surface area contributed by atoms with E-state index in [0.29, 0.717) is 17.3 Å². The quantitative estimate of drug-likeness (QED) is 0.807. The molecule has 0 bridgehead atoms. The molecule has 0 spiro atoms. The smallest absolute Gasteiger partial charge is 0.0455 e. The lowest BCUT2D eigenvalue weighted by Gasteiger charge is -2.15. The molecule has 0 atom stereocenters. The lowest BCUT2D eigenvalue weighted by atomic mass is 10.0. The summed E-state index contributed by atoms with van der Waals surface area (Å²) in [6.07, 6.45) is 0. The highest BCUT2D eigenvalue weighted by molar-refractivity contribution is 6.31. The average Bonchev–Trinajstić information content (AvgIpc) is 2.36. The van der Waals surface area contributed by atoms with Gasteiger partial charge in [-0.05, 0) is 36.2 Å². The molecule has 0 radical (unpaired) electrons. The van der Waals surface area contributed by atoms with Crippen LogP contribution in [0.5, 0.6) is 0 Å². The molecule has 104 valence electrons. The van der Waals surface area contributed by atoms with Crippen LogP contribution < -0.4 is 11.1 Å². The number of rotatable bonds is 4. The van der Waals surface area contributed by atoms with Gasteiger partial charge in [-0.15, -0.1) is 0 Å². The third kappa shape index (κ3) is 3.27. The zero-order chi connectivity index (χ0) is 14.7. The number of halogens is 2. The van der Waals surface area contributed by atoms with Crippen LogP contribution in [0, 0.1) is 6.92 Å². The molecular weight excluding hydrogens is 291 g/mol. The molecule has 0 saturated carbocycles. The highest BCUT2D eigenvalue weighted by atomic mass is 35.5. The van der Waals surface area contributed by atoms with Gasteiger partial charge in [0.05, 0.1) is 0 Å². The van der Waals surface area contributed by atoms with Crippen LogP contribution in [-0.4, -0.2) is 0 Å². The molecule has 0 aromatic heterocycles. The van der Waals surface area contributed by atoms with E-state index in [1.807, 2.05) is 37.3 Å². The Morgan fingerprint density at radius 2 is 1.95 bits per heavy atom. The highest BCUT2D eigenvalue weighted by Crippen LogP contribution is 2.27. The lowest BCUT2D eigenvalue weighted by Crippen LogP contribution is -2.13. The molecule has 2 aromatic carbocycles. The summed E-state index contributed by atoms with van der Waals surface area (Å²) in [5, 5.41) is 4.61. The maximum absolute atomic E-state index is 6.13. The molecule has 0 aliphatic rings. The molecule has 20 heavy (non-hydrogen) atoms. The van der Waals surface area contributed by atoms with Gasteiger partial charge in [0.25, 0.3) is 0 Å². The zero-order valence-corrected chi connectivity index (χ0v) is 12.7. The Kier molecular flexibility index (Phi) is 4.58. The van der Waals surface area contributed by atoms with Gasteiger partial charge in [-0.2, -0.15) is 0 Å². The van der Waals surface area contributed by atoms with E-state index in [1.165, 1.54) is 0 Å². The van der Waals surface area contributed by atoms with Crippen molar-refractivity contribution in [2.75, 3.05) is 5.73 Å². The second-order valence-electron chi connectivity index (χ2n) is 4.61. The fraction of sp³-hybridized carbons (Fsp3) is 0.125. The fourth-order valence-electron chi connectivity index (χ4n) is 2.11. The second kappa shape index (κ2) is 6.21. The summed E-state index contributed by atoms with van der Waals surface area (Å²) < 4.78 is 0. The maximum Gasteiger partial charge on any atom is 0.0455 e. The van der Waals surface area contributed by atoms with E-state index in [1.54, 1.807) is 6.07 Å². The minimum absolute atomic E-state index is 0.597. The van der Waals surface area contributed by atoms with Crippen LogP contribution in [0.4, 0.5) is 5.69 Å². The van der Waals surface area contributed by atoms with Crippen molar-refractivity contribution >= 4 is 34.6 Å². The normalized spacial score (nSPS) is 10.3. The number of nitrogens with one attached hydrogen (secondary N) is 1. The maximum atomic E-state index is 6.13. The number of benzene rings is 2. The fourth-order valence-corrected chi connectivity index (χ4v) is 2.60. The first-order chi connectivity index (χ1) is 9.49. The first-order valence-corrected chi connectivity index (χ1v) is 6.97. The van der Waals surface area contributed by atoms with E-state index in [2.05, 4.69) is 11.9 Å². The van der Waals surface area contributed by atoms with Crippen LogP contribution >= 0.6 is 23.2 Å². The van der Waals surface area contributed by atoms with Crippen molar-refractivity contribution in [1.29, 1.82) is 0 Å². The van der Waals surface area contributed by atoms with Gasteiger partial charge in [0.15, 0.2) is 0 Å². The Morgan fingerprint density at radius 3 is 2.60 bits per heavy atom. The Hall–Kier alpha value is -1.64. The molecular formula is C16H16Cl2N2. The standard InChI is InChI=1S/C16H16Cl2N2/c1-10-7-13(17)8-15(19)16(10)11(2)20-9-12-5-3-4-6-14(12)18/h3-8,20H,2,9,19H2,1H3. The topological polar surface area (TPSA) is 38.0 Å². The van der Waals surface area contributed by atoms with Crippen LogP contribution in [0.1, 0.15) is 16.7 Å². The monoisotopic (exact) mass is 306 g/mol. The van der Waals surface area contributed by atoms with Crippen molar-refractivity contribution in [3.63, 3.8) is 0 Å². The molecule has 0 unspecified atom stereocenters. The average molecular weight is 307 g/mol. The summed E-state index contributed by atoms with van der Waals surface area (Å²) in [5.41, 5.74) is 10.3. The number of hydrogen-bond donors (Lipinski definition) is 2. The van der Waals surface area contributed by atoms with Crippen LogP contribution in [0.3, 0.4) is 0 Å². The molecule has 0 fully saturated rings. The molecule has 0 heterocycles. The molecule has 0 amide bonds. The van der Waals surface area contributed by atoms with Crippen molar-refractivity contribution < 1.29 is 0 Å². The Balaban J connectivity index is 2.16. The lowest BCUT2D eigenvalue weighted by molar-refractivity contribution is 0.891. The molecule has 2 aromatic rings. The number of anilines is 1. The predicted molar refractivity (Wildman–Crippen MR) is 87.9 cm³/mol. The molecule has 0 aliphatic heterocycles. The van der Waals surface area contributed by atoms with Gasteiger partial charge in [-0.25, -0.2) is 0 Å². The number of nitrogen functional groups attached to an aromatic ring is 1. The molecule has 3 N–H and O–H groups in total. The molecule has 2 nitrogen and oxygen atoms in total. The summed E-state index contributed by atoms with van der Waals surface area (Å²) in [5.74, 6) is 0. The zero-order valence-electron chi connectivity index (χ0n) is 11.2. The van der Waals surface area contributed by atoms with E-state index in [4.69, 9.17) is 28.9 Å². The second-order valence-corrected chi connectivity index (χ2v) is 5.45. The third-order valence-electron chi connectivity index (χ3n) is 3.08. The van der Waals surface area contributed by atoms with Crippen molar-refractivity contribution in [2.45, 2.75) is 13.5 Å². The van der Waals surface area contributed by atoms with Gasteiger partial charge in [-0.3, -0.25) is 0 Å². The minimum atomic E-state index is 0.597. The molecule has 0 aliphatic carbocycles. The number of aryl methyl sites for hydroxylation is 1. The first kappa shape index (κ1) is 14.8. The van der Waals surface area contributed by atoms with Gasteiger partial charge in [0.1, 0.15) is 0 Å². The van der Waals surface area contributed by atoms with E-state index >= 15 is 0 Å². The van der Waals surface area contributed by atoms with E-state index < -0.39 is 0 Å². The summed E-state index contributed by atoms with van der Waals surface area (Å²) in [6.45, 7) is 6.60. The minimum Gasteiger partial charge on any atom is -0.398 e. The third-order valence-corrected chi connectivity index (χ3v) is 3.67. The van der Waals surface area contributed by atoms with Crippen LogP contribution in [0.25, 0.3) is 5.70 Å². The number of hydrogen-bond acceptors (Lipinski definition) is 2. The Bertz CT molecular complexity index is 628. The van der Waals surface area contributed by atoms with Crippen molar-refractivity contribution in [3.8, 4) is 0 Å². The molecule has 2 rings (SSSR count). The van der Waals surface area contributed by atoms with Gasteiger partial charge < -0.3 is 11.1 Å². The van der Waals surface area contributed by atoms with Gasteiger partial charge in [0, 0.05) is 33.5 Å². The van der Waals surface area contributed by atoms with Crippen molar-refractivity contribution in [1.82, 2.24) is 5.32 Å². The van der Waals surface area contributed by atoms with Crippen molar-refractivity contribution in [2.24, 2.45) is 0 Å². The Labute approximate surface area is 129 Å². The van der Waals surface area contributed by atoms with Crippen LogP contribution in [-0.2, 0) is 6.54 Å². The molecule has 4 heteroatoms. The van der Waals surface area contributed by atoms with Gasteiger partial charge in [0.2, 0.25) is 0 Å². The predicted octanol–water partition coefficient (Wildman–Crippen LogP) is 4.64. The molecule has 0 saturated heterocycles. The van der Waals surface area contributed by atoms with E-state index in [-0.39, 0.29) is 0 Å². The summed E-state index contributed by atoms with van der Waals surface area (Å²) in [7, 11) is 0. The first-order valence-electron chi connectivity index (χ1n) is 6.21. The summed E-state index contributed by atoms with van der Waals surface area (Å²) in [6, 6.07) is 11.3. The Morgan fingerprint density at radius 1 is 1.25 bits per heavy atom. The largest absolute Gasteiger partial charge is 0.398 e. The van der Waals surface area contributed by atoms with Crippen LogP contribution in [0.2, 0.25) is 10.0 Å². The van der Waals surface area contributed by atoms with Crippen molar-refractivity contribution in [3.05, 3.63) is 69.7 Å². The van der Waals surface area contributed by atoms with Gasteiger partial charge in [-0.1, -0.05) is 48.0 Å². The van der Waals surface area contributed by atoms with Gasteiger partial charge >= 0.3 is 0 Å². The summed E-state index contributed by atoms with van der Waals surface area (Å²) in [4.78, 5) is 0. The highest BCUT2D eigenvalue weighted by Gasteiger charge is 2.09. The number of nitrogens with two attached hydrogens (primary N) is 1. The summed E-state index contributed by atoms with van der Waals surface area (Å²) >= 11 is 12.1. The SMILES string of the molecule is C=C(NCc1ccccc1Cl)c1c(C)cc(Cl)cc1N. The van der Waals surface area contributed by atoms with E-state index in [9.17, 15) is 0 Å². The van der Waals surface area contributed by atoms with Crippen LogP contribution in [0.15, 0.2) is 43.0 Å².